The quantitative estimate of drug-likeness (QED) is 0.816. The van der Waals surface area contributed by atoms with Crippen LogP contribution in [0.15, 0.2) is 22.6 Å². The van der Waals surface area contributed by atoms with E-state index in [1.165, 1.54) is 0 Å². The number of methoxy groups -OCH3 is 1. The Morgan fingerprint density at radius 2 is 2.33 bits per heavy atom. The van der Waals surface area contributed by atoms with Crippen LogP contribution in [-0.2, 0) is 6.54 Å². The highest BCUT2D eigenvalue weighted by Gasteiger charge is 2.08. The van der Waals surface area contributed by atoms with Crippen LogP contribution in [0, 0.1) is 0 Å². The van der Waals surface area contributed by atoms with Crippen molar-refractivity contribution in [2.45, 2.75) is 25.9 Å². The van der Waals surface area contributed by atoms with E-state index < -0.39 is 0 Å². The van der Waals surface area contributed by atoms with E-state index in [0.717, 1.165) is 16.8 Å². The summed E-state index contributed by atoms with van der Waals surface area (Å²) in [7, 11) is 1.63. The molecule has 1 aromatic heterocycles. The van der Waals surface area contributed by atoms with Gasteiger partial charge in [0, 0.05) is 18.7 Å². The first-order chi connectivity index (χ1) is 8.72. The Balaban J connectivity index is 2.05. The zero-order chi connectivity index (χ0) is 13.0. The van der Waals surface area contributed by atoms with Crippen LogP contribution >= 0.6 is 0 Å². The normalized spacial score (nSPS) is 12.8. The number of nitrogens with one attached hydrogen (secondary N) is 1. The van der Waals surface area contributed by atoms with Crippen molar-refractivity contribution in [2.24, 2.45) is 0 Å². The molecular weight excluding hydrogens is 232 g/mol. The molecule has 2 N–H and O–H groups in total. The van der Waals surface area contributed by atoms with Gasteiger partial charge in [-0.25, -0.2) is 4.98 Å². The highest BCUT2D eigenvalue weighted by atomic mass is 16.5. The van der Waals surface area contributed by atoms with Gasteiger partial charge >= 0.3 is 0 Å². The molecule has 0 amide bonds. The van der Waals surface area contributed by atoms with Crippen molar-refractivity contribution in [1.29, 1.82) is 0 Å². The number of ether oxygens (including phenoxy) is 1. The van der Waals surface area contributed by atoms with Crippen LogP contribution in [0.4, 0.5) is 0 Å². The molecule has 0 unspecified atom stereocenters. The second-order valence-corrected chi connectivity index (χ2v) is 4.24. The maximum Gasteiger partial charge on any atom is 0.209 e. The predicted octanol–water partition coefficient (Wildman–Crippen LogP) is 1.70. The molecule has 0 fully saturated rings. The molecule has 0 bridgehead atoms. The second kappa shape index (κ2) is 5.84. The van der Waals surface area contributed by atoms with Gasteiger partial charge in [0.05, 0.1) is 13.7 Å². The molecule has 5 heteroatoms. The lowest BCUT2D eigenvalue weighted by atomic mass is 10.2. The summed E-state index contributed by atoms with van der Waals surface area (Å²) in [4.78, 5) is 4.38. The van der Waals surface area contributed by atoms with Crippen LogP contribution in [-0.4, -0.2) is 29.8 Å². The fourth-order valence-electron chi connectivity index (χ4n) is 1.71. The van der Waals surface area contributed by atoms with Gasteiger partial charge in [-0.3, -0.25) is 0 Å². The van der Waals surface area contributed by atoms with Crippen molar-refractivity contribution >= 4 is 11.1 Å². The highest BCUT2D eigenvalue weighted by molar-refractivity contribution is 5.74. The molecule has 1 aromatic carbocycles. The van der Waals surface area contributed by atoms with E-state index >= 15 is 0 Å². The summed E-state index contributed by atoms with van der Waals surface area (Å²) in [5, 5.41) is 12.1. The number of aromatic nitrogens is 1. The molecule has 0 saturated heterocycles. The standard InChI is InChI=1S/C13H18N2O3/c1-9(5-6-16)14-8-13-15-11-7-10(17-2)3-4-12(11)18-13/h3-4,7,9,14,16H,5-6,8H2,1-2H3/t9-/m1/s1. The van der Waals surface area contributed by atoms with E-state index in [0.29, 0.717) is 18.9 Å². The third-order valence-electron chi connectivity index (χ3n) is 2.80. The van der Waals surface area contributed by atoms with E-state index in [-0.39, 0.29) is 12.6 Å². The van der Waals surface area contributed by atoms with Crippen molar-refractivity contribution in [3.05, 3.63) is 24.1 Å². The van der Waals surface area contributed by atoms with Crippen molar-refractivity contribution in [2.75, 3.05) is 13.7 Å². The maximum atomic E-state index is 8.81. The zero-order valence-electron chi connectivity index (χ0n) is 10.6. The van der Waals surface area contributed by atoms with Gasteiger partial charge in [0.1, 0.15) is 11.3 Å². The monoisotopic (exact) mass is 250 g/mol. The van der Waals surface area contributed by atoms with Crippen molar-refractivity contribution in [3.63, 3.8) is 0 Å². The van der Waals surface area contributed by atoms with Gasteiger partial charge in [-0.1, -0.05) is 0 Å². The summed E-state index contributed by atoms with van der Waals surface area (Å²) in [6.45, 7) is 2.75. The number of oxazole rings is 1. The van der Waals surface area contributed by atoms with Crippen LogP contribution in [0.1, 0.15) is 19.2 Å². The topological polar surface area (TPSA) is 67.5 Å². The molecule has 1 heterocycles. The summed E-state index contributed by atoms with van der Waals surface area (Å²) in [6, 6.07) is 5.78. The van der Waals surface area contributed by atoms with E-state index in [1.54, 1.807) is 7.11 Å². The molecule has 0 saturated carbocycles. The molecule has 0 aliphatic carbocycles. The van der Waals surface area contributed by atoms with Gasteiger partial charge in [0.15, 0.2) is 5.58 Å². The Morgan fingerprint density at radius 1 is 1.50 bits per heavy atom. The number of aliphatic hydroxyl groups excluding tert-OH is 1. The van der Waals surface area contributed by atoms with Gasteiger partial charge in [-0.05, 0) is 25.5 Å². The lowest BCUT2D eigenvalue weighted by Gasteiger charge is -2.09. The smallest absolute Gasteiger partial charge is 0.209 e. The minimum Gasteiger partial charge on any atom is -0.497 e. The third kappa shape index (κ3) is 3.00. The first-order valence-electron chi connectivity index (χ1n) is 6.00. The van der Waals surface area contributed by atoms with Crippen molar-refractivity contribution in [1.82, 2.24) is 10.3 Å². The number of aliphatic hydroxyl groups is 1. The van der Waals surface area contributed by atoms with E-state index in [1.807, 2.05) is 25.1 Å². The summed E-state index contributed by atoms with van der Waals surface area (Å²) in [5.41, 5.74) is 1.54. The fourth-order valence-corrected chi connectivity index (χ4v) is 1.71. The summed E-state index contributed by atoms with van der Waals surface area (Å²) in [5.74, 6) is 1.41. The number of fused-ring (bicyclic) bond motifs is 1. The Kier molecular flexibility index (Phi) is 4.17. The van der Waals surface area contributed by atoms with Crippen LogP contribution in [0.25, 0.3) is 11.1 Å². The first-order valence-corrected chi connectivity index (χ1v) is 6.00. The van der Waals surface area contributed by atoms with E-state index in [2.05, 4.69) is 10.3 Å². The average Bonchev–Trinajstić information content (AvgIpc) is 2.78. The van der Waals surface area contributed by atoms with Crippen LogP contribution in [0.5, 0.6) is 5.75 Å². The number of nitrogens with zero attached hydrogens (tertiary/aromatic N) is 1. The first kappa shape index (κ1) is 12.9. The average molecular weight is 250 g/mol. The molecule has 5 nitrogen and oxygen atoms in total. The summed E-state index contributed by atoms with van der Waals surface area (Å²) in [6.07, 6.45) is 0.716. The molecule has 18 heavy (non-hydrogen) atoms. The number of hydrogen-bond acceptors (Lipinski definition) is 5. The summed E-state index contributed by atoms with van der Waals surface area (Å²) >= 11 is 0. The number of hydrogen-bond donors (Lipinski definition) is 2. The second-order valence-electron chi connectivity index (χ2n) is 4.24. The Labute approximate surface area is 106 Å². The number of rotatable bonds is 6. The fraction of sp³-hybridized carbons (Fsp3) is 0.462. The van der Waals surface area contributed by atoms with Gasteiger partial charge < -0.3 is 19.6 Å². The predicted molar refractivity (Wildman–Crippen MR) is 68.6 cm³/mol. The van der Waals surface area contributed by atoms with Gasteiger partial charge in [-0.2, -0.15) is 0 Å². The Hall–Kier alpha value is -1.59. The van der Waals surface area contributed by atoms with Crippen LogP contribution < -0.4 is 10.1 Å². The SMILES string of the molecule is COc1ccc2oc(CN[C@H](C)CCO)nc2c1. The molecule has 2 rings (SSSR count). The molecule has 98 valence electrons. The van der Waals surface area contributed by atoms with E-state index in [9.17, 15) is 0 Å². The van der Waals surface area contributed by atoms with Gasteiger partial charge in [-0.15, -0.1) is 0 Å². The maximum absolute atomic E-state index is 8.81. The lowest BCUT2D eigenvalue weighted by Crippen LogP contribution is -2.26. The zero-order valence-corrected chi connectivity index (χ0v) is 10.6. The van der Waals surface area contributed by atoms with Crippen molar-refractivity contribution in [3.8, 4) is 5.75 Å². The third-order valence-corrected chi connectivity index (χ3v) is 2.80. The van der Waals surface area contributed by atoms with E-state index in [4.69, 9.17) is 14.3 Å². The summed E-state index contributed by atoms with van der Waals surface area (Å²) < 4.78 is 10.7. The Morgan fingerprint density at radius 3 is 3.06 bits per heavy atom. The molecular formula is C13H18N2O3. The molecule has 0 spiro atoms. The minimum absolute atomic E-state index is 0.179. The molecule has 0 aliphatic rings. The van der Waals surface area contributed by atoms with Gasteiger partial charge in [0.2, 0.25) is 5.89 Å². The number of benzene rings is 1. The largest absolute Gasteiger partial charge is 0.497 e. The molecule has 1 atom stereocenters. The molecule has 0 radical (unpaired) electrons. The van der Waals surface area contributed by atoms with Gasteiger partial charge in [0.25, 0.3) is 0 Å². The molecule has 0 aliphatic heterocycles. The van der Waals surface area contributed by atoms with Crippen LogP contribution in [0.2, 0.25) is 0 Å². The lowest BCUT2D eigenvalue weighted by molar-refractivity contribution is 0.267. The highest BCUT2D eigenvalue weighted by Crippen LogP contribution is 2.21. The minimum atomic E-state index is 0.179. The van der Waals surface area contributed by atoms with Crippen molar-refractivity contribution < 1.29 is 14.3 Å². The Bertz CT molecular complexity index is 510. The van der Waals surface area contributed by atoms with Crippen LogP contribution in [0.3, 0.4) is 0 Å². The molecule has 2 aromatic rings.